The lowest BCUT2D eigenvalue weighted by Crippen LogP contribution is -2.49. The van der Waals surface area contributed by atoms with Gasteiger partial charge in [-0.2, -0.15) is 4.31 Å². The number of rotatable bonds is 4. The van der Waals surface area contributed by atoms with Crippen LogP contribution in [-0.4, -0.2) is 49.1 Å². The predicted molar refractivity (Wildman–Crippen MR) is 134 cm³/mol. The van der Waals surface area contributed by atoms with Crippen molar-refractivity contribution in [3.05, 3.63) is 69.2 Å². The van der Waals surface area contributed by atoms with Crippen LogP contribution in [0.15, 0.2) is 41.3 Å². The van der Waals surface area contributed by atoms with Crippen molar-refractivity contribution >= 4 is 27.4 Å². The van der Waals surface area contributed by atoms with Gasteiger partial charge in [-0.05, 0) is 92.8 Å². The van der Waals surface area contributed by atoms with Crippen LogP contribution < -0.4 is 4.90 Å². The minimum Gasteiger partial charge on any atom is -0.352 e. The van der Waals surface area contributed by atoms with Crippen molar-refractivity contribution in [3.8, 4) is 11.3 Å². The summed E-state index contributed by atoms with van der Waals surface area (Å²) in [4.78, 5) is 2.40. The SMILES string of the molecule is Cc1cc(C)c(-c2ccc(N3CCN(S(=O)(=O)c4cc(C)c(Cl)cc4C)CC3)nn2)cc1C. The molecule has 1 aliphatic heterocycles. The van der Waals surface area contributed by atoms with E-state index in [1.165, 1.54) is 16.7 Å². The lowest BCUT2D eigenvalue weighted by atomic mass is 9.99. The summed E-state index contributed by atoms with van der Waals surface area (Å²) in [6, 6.07) is 11.7. The van der Waals surface area contributed by atoms with Gasteiger partial charge in [0.2, 0.25) is 10.0 Å². The van der Waals surface area contributed by atoms with Gasteiger partial charge < -0.3 is 4.90 Å². The Kier molecular flexibility index (Phi) is 6.49. The zero-order valence-corrected chi connectivity index (χ0v) is 21.3. The van der Waals surface area contributed by atoms with Crippen LogP contribution in [0.3, 0.4) is 0 Å². The van der Waals surface area contributed by atoms with Gasteiger partial charge in [0.25, 0.3) is 0 Å². The molecule has 174 valence electrons. The second-order valence-corrected chi connectivity index (χ2v) is 11.1. The Morgan fingerprint density at radius 3 is 2.06 bits per heavy atom. The highest BCUT2D eigenvalue weighted by atomic mass is 35.5. The van der Waals surface area contributed by atoms with Crippen LogP contribution in [0, 0.1) is 34.6 Å². The molecule has 6 nitrogen and oxygen atoms in total. The second-order valence-electron chi connectivity index (χ2n) is 8.79. The molecule has 33 heavy (non-hydrogen) atoms. The standard InChI is InChI=1S/C25H29ClN4O2S/c1-16-12-18(3)21(13-17(16)2)23-6-7-25(28-27-23)29-8-10-30(11-9-29)33(31,32)24-15-19(4)22(26)14-20(24)5/h6-7,12-15H,8-11H2,1-5H3. The fraction of sp³-hybridized carbons (Fsp3) is 0.360. The Morgan fingerprint density at radius 2 is 1.42 bits per heavy atom. The number of benzene rings is 2. The summed E-state index contributed by atoms with van der Waals surface area (Å²) in [5.74, 6) is 0.760. The molecule has 0 bridgehead atoms. The minimum atomic E-state index is -3.58. The fourth-order valence-corrected chi connectivity index (χ4v) is 6.13. The van der Waals surface area contributed by atoms with Crippen LogP contribution in [0.25, 0.3) is 11.3 Å². The zero-order valence-electron chi connectivity index (χ0n) is 19.7. The number of halogens is 1. The van der Waals surface area contributed by atoms with Crippen molar-refractivity contribution < 1.29 is 8.42 Å². The molecule has 1 aromatic heterocycles. The molecular weight excluding hydrogens is 456 g/mol. The molecule has 0 spiro atoms. The van der Waals surface area contributed by atoms with Crippen molar-refractivity contribution in [2.75, 3.05) is 31.1 Å². The van der Waals surface area contributed by atoms with Crippen molar-refractivity contribution in [1.29, 1.82) is 0 Å². The van der Waals surface area contributed by atoms with Gasteiger partial charge in [-0.15, -0.1) is 10.2 Å². The lowest BCUT2D eigenvalue weighted by molar-refractivity contribution is 0.383. The van der Waals surface area contributed by atoms with E-state index >= 15 is 0 Å². The molecule has 0 radical (unpaired) electrons. The second kappa shape index (κ2) is 9.05. The number of hydrogen-bond donors (Lipinski definition) is 0. The predicted octanol–water partition coefficient (Wildman–Crippen LogP) is 4.85. The largest absolute Gasteiger partial charge is 0.352 e. The molecule has 4 rings (SSSR count). The van der Waals surface area contributed by atoms with Crippen molar-refractivity contribution in [2.45, 2.75) is 39.5 Å². The van der Waals surface area contributed by atoms with E-state index in [4.69, 9.17) is 11.6 Å². The third-order valence-electron chi connectivity index (χ3n) is 6.40. The third kappa shape index (κ3) is 4.63. The van der Waals surface area contributed by atoms with E-state index in [1.807, 2.05) is 19.1 Å². The normalized spacial score (nSPS) is 15.2. The highest BCUT2D eigenvalue weighted by molar-refractivity contribution is 7.89. The van der Waals surface area contributed by atoms with E-state index in [0.29, 0.717) is 41.7 Å². The van der Waals surface area contributed by atoms with E-state index in [0.717, 1.165) is 22.6 Å². The molecule has 2 heterocycles. The first-order valence-corrected chi connectivity index (χ1v) is 12.8. The molecule has 1 saturated heterocycles. The van der Waals surface area contributed by atoms with Crippen molar-refractivity contribution in [2.24, 2.45) is 0 Å². The molecule has 2 aromatic carbocycles. The first-order chi connectivity index (χ1) is 15.6. The summed E-state index contributed by atoms with van der Waals surface area (Å²) >= 11 is 6.15. The number of anilines is 1. The Labute approximate surface area is 201 Å². The van der Waals surface area contributed by atoms with Crippen LogP contribution in [0.5, 0.6) is 0 Å². The topological polar surface area (TPSA) is 66.4 Å². The monoisotopic (exact) mass is 484 g/mol. The van der Waals surface area contributed by atoms with Crippen LogP contribution >= 0.6 is 11.6 Å². The van der Waals surface area contributed by atoms with Gasteiger partial charge in [-0.25, -0.2) is 8.42 Å². The molecule has 0 unspecified atom stereocenters. The van der Waals surface area contributed by atoms with Gasteiger partial charge in [0.15, 0.2) is 5.82 Å². The van der Waals surface area contributed by atoms with Crippen LogP contribution in [0.1, 0.15) is 27.8 Å². The molecule has 0 amide bonds. The Bertz CT molecular complexity index is 1300. The summed E-state index contributed by atoms with van der Waals surface area (Å²) in [5.41, 5.74) is 7.01. The van der Waals surface area contributed by atoms with E-state index in [9.17, 15) is 8.42 Å². The van der Waals surface area contributed by atoms with Gasteiger partial charge in [0, 0.05) is 36.8 Å². The number of piperazine rings is 1. The third-order valence-corrected chi connectivity index (χ3v) is 8.85. The van der Waals surface area contributed by atoms with Gasteiger partial charge in [0.1, 0.15) is 0 Å². The molecule has 1 aliphatic rings. The van der Waals surface area contributed by atoms with E-state index in [1.54, 1.807) is 23.4 Å². The number of sulfonamides is 1. The average Bonchev–Trinajstić information content (AvgIpc) is 2.79. The zero-order chi connectivity index (χ0) is 23.9. The van der Waals surface area contributed by atoms with Crippen molar-refractivity contribution in [1.82, 2.24) is 14.5 Å². The van der Waals surface area contributed by atoms with Crippen LogP contribution in [0.4, 0.5) is 5.82 Å². The van der Waals surface area contributed by atoms with E-state index in [2.05, 4.69) is 48.0 Å². The van der Waals surface area contributed by atoms with Crippen LogP contribution in [0.2, 0.25) is 5.02 Å². The summed E-state index contributed by atoms with van der Waals surface area (Å²) in [6.07, 6.45) is 0. The molecule has 8 heteroatoms. The maximum atomic E-state index is 13.2. The summed E-state index contributed by atoms with van der Waals surface area (Å²) in [7, 11) is -3.58. The smallest absolute Gasteiger partial charge is 0.243 e. The van der Waals surface area contributed by atoms with Gasteiger partial charge in [0.05, 0.1) is 10.6 Å². The van der Waals surface area contributed by atoms with Crippen LogP contribution in [-0.2, 0) is 10.0 Å². The highest BCUT2D eigenvalue weighted by Crippen LogP contribution is 2.28. The number of aromatic nitrogens is 2. The maximum absolute atomic E-state index is 13.2. The lowest BCUT2D eigenvalue weighted by Gasteiger charge is -2.34. The average molecular weight is 485 g/mol. The molecule has 1 fully saturated rings. The minimum absolute atomic E-state index is 0.325. The summed E-state index contributed by atoms with van der Waals surface area (Å²) < 4.78 is 28.0. The number of nitrogens with zero attached hydrogens (tertiary/aromatic N) is 4. The number of hydrogen-bond acceptors (Lipinski definition) is 5. The Balaban J connectivity index is 1.48. The van der Waals surface area contributed by atoms with E-state index < -0.39 is 10.0 Å². The first-order valence-electron chi connectivity index (χ1n) is 11.0. The van der Waals surface area contributed by atoms with Gasteiger partial charge in [-0.1, -0.05) is 17.7 Å². The molecule has 3 aromatic rings. The first kappa shape index (κ1) is 23.7. The Morgan fingerprint density at radius 1 is 0.758 bits per heavy atom. The van der Waals surface area contributed by atoms with Gasteiger partial charge in [-0.3, -0.25) is 0 Å². The van der Waals surface area contributed by atoms with Gasteiger partial charge >= 0.3 is 0 Å². The molecule has 0 atom stereocenters. The summed E-state index contributed by atoms with van der Waals surface area (Å²) in [5, 5.41) is 9.49. The summed E-state index contributed by atoms with van der Waals surface area (Å²) in [6.45, 7) is 11.8. The Hall–Kier alpha value is -2.48. The molecule has 0 N–H and O–H groups in total. The fourth-order valence-electron chi connectivity index (χ4n) is 4.20. The highest BCUT2D eigenvalue weighted by Gasteiger charge is 2.30. The van der Waals surface area contributed by atoms with Crippen molar-refractivity contribution in [3.63, 3.8) is 0 Å². The quantitative estimate of drug-likeness (QED) is 0.529. The van der Waals surface area contributed by atoms with E-state index in [-0.39, 0.29) is 0 Å². The maximum Gasteiger partial charge on any atom is 0.243 e. The molecule has 0 saturated carbocycles. The molecular formula is C25H29ClN4O2S. The number of aryl methyl sites for hydroxylation is 5. The molecule has 0 aliphatic carbocycles.